The molecule has 0 fully saturated rings. The summed E-state index contributed by atoms with van der Waals surface area (Å²) in [5.74, 6) is -2.02. The Kier molecular flexibility index (Phi) is 4.17. The predicted molar refractivity (Wildman–Crippen MR) is 93.2 cm³/mol. The van der Waals surface area contributed by atoms with E-state index in [1.54, 1.807) is 31.2 Å². The molecule has 0 spiro atoms. The molecule has 0 atom stereocenters. The lowest BCUT2D eigenvalue weighted by Gasteiger charge is -2.10. The average Bonchev–Trinajstić information content (AvgIpc) is 2.88. The third-order valence-electron chi connectivity index (χ3n) is 3.51. The van der Waals surface area contributed by atoms with E-state index in [1.165, 1.54) is 23.2 Å². The highest BCUT2D eigenvalue weighted by atomic mass is 16.4. The van der Waals surface area contributed by atoms with Crippen LogP contribution in [0.5, 0.6) is 5.75 Å². The third-order valence-corrected chi connectivity index (χ3v) is 3.51. The Morgan fingerprint density at radius 3 is 2.56 bits per heavy atom. The van der Waals surface area contributed by atoms with Crippen LogP contribution < -0.4 is 10.4 Å². The van der Waals surface area contributed by atoms with E-state index in [1.807, 2.05) is 6.07 Å². The Morgan fingerprint density at radius 2 is 1.92 bits per heavy atom. The number of carbonyl (C=O) groups is 2. The maximum absolute atomic E-state index is 12.5. The van der Waals surface area contributed by atoms with Crippen LogP contribution in [0, 0.1) is 0 Å². The Bertz CT molecular complexity index is 906. The Hall–Kier alpha value is -3.68. The number of benzene rings is 2. The number of carbonyl (C=O) groups excluding carboxylic acids is 1. The van der Waals surface area contributed by atoms with Crippen molar-refractivity contribution in [3.05, 3.63) is 54.1 Å². The number of carboxylic acids is 1. The van der Waals surface area contributed by atoms with Gasteiger partial charge in [0.1, 0.15) is 11.3 Å². The largest absolute Gasteiger partial charge is 0.507 e. The van der Waals surface area contributed by atoms with E-state index >= 15 is 0 Å². The van der Waals surface area contributed by atoms with Gasteiger partial charge < -0.3 is 10.2 Å². The fourth-order valence-electron chi connectivity index (χ4n) is 2.27. The highest BCUT2D eigenvalue weighted by Crippen LogP contribution is 2.23. The second-order valence-electron chi connectivity index (χ2n) is 5.25. The average molecular weight is 338 g/mol. The van der Waals surface area contributed by atoms with Crippen LogP contribution >= 0.6 is 0 Å². The minimum absolute atomic E-state index is 0.130. The van der Waals surface area contributed by atoms with E-state index in [2.05, 4.69) is 15.6 Å². The fraction of sp³-hybridized carbons (Fsp3) is 0.0588. The van der Waals surface area contributed by atoms with Crippen LogP contribution in [0.1, 0.15) is 17.3 Å². The summed E-state index contributed by atoms with van der Waals surface area (Å²) in [7, 11) is 0. The molecule has 25 heavy (non-hydrogen) atoms. The topological polar surface area (TPSA) is 115 Å². The van der Waals surface area contributed by atoms with Crippen molar-refractivity contribution in [1.82, 2.24) is 0 Å². The zero-order valence-corrected chi connectivity index (χ0v) is 13.2. The van der Waals surface area contributed by atoms with Crippen molar-refractivity contribution < 1.29 is 19.8 Å². The molecule has 3 N–H and O–H groups in total. The molecule has 1 aliphatic heterocycles. The summed E-state index contributed by atoms with van der Waals surface area (Å²) in [6.45, 7) is 1.66. The standard InChI is InChI=1S/C17H14N4O4/c1-10-15(16(23)21(20-10)12-5-3-2-4-6-12)19-18-11-7-8-13(17(24)25)14(22)9-11/h2-9,18,22H,1H3,(H,24,25)/b19-15-. The molecule has 0 radical (unpaired) electrons. The first-order valence-electron chi connectivity index (χ1n) is 7.32. The van der Waals surface area contributed by atoms with Crippen LogP contribution in [0.25, 0.3) is 0 Å². The number of hydrogen-bond donors (Lipinski definition) is 3. The van der Waals surface area contributed by atoms with Gasteiger partial charge in [-0.15, -0.1) is 0 Å². The number of aromatic hydroxyl groups is 1. The summed E-state index contributed by atoms with van der Waals surface area (Å²) in [5, 5.41) is 28.0. The molecule has 0 unspecified atom stereocenters. The molecule has 2 aromatic rings. The van der Waals surface area contributed by atoms with Gasteiger partial charge in [-0.25, -0.2) is 4.79 Å². The Labute approximate surface area is 142 Å². The van der Waals surface area contributed by atoms with E-state index in [4.69, 9.17) is 5.11 Å². The summed E-state index contributed by atoms with van der Waals surface area (Å²) < 4.78 is 0. The van der Waals surface area contributed by atoms with E-state index < -0.39 is 11.7 Å². The van der Waals surface area contributed by atoms with Crippen molar-refractivity contribution in [3.8, 4) is 5.75 Å². The van der Waals surface area contributed by atoms with E-state index in [9.17, 15) is 14.7 Å². The summed E-state index contributed by atoms with van der Waals surface area (Å²) >= 11 is 0. The van der Waals surface area contributed by atoms with Crippen molar-refractivity contribution >= 4 is 34.7 Å². The summed E-state index contributed by atoms with van der Waals surface area (Å²) in [5.41, 5.74) is 3.95. The van der Waals surface area contributed by atoms with Crippen LogP contribution in [-0.4, -0.2) is 33.5 Å². The number of rotatable bonds is 4. The quantitative estimate of drug-likeness (QED) is 0.740. The van der Waals surface area contributed by atoms with Gasteiger partial charge in [-0.05, 0) is 31.2 Å². The van der Waals surface area contributed by atoms with Crippen LogP contribution in [0.15, 0.2) is 58.7 Å². The van der Waals surface area contributed by atoms with E-state index in [0.717, 1.165) is 0 Å². The molecule has 0 saturated carbocycles. The lowest BCUT2D eigenvalue weighted by molar-refractivity contribution is -0.112. The van der Waals surface area contributed by atoms with Gasteiger partial charge in [-0.2, -0.15) is 15.2 Å². The number of amides is 1. The molecular weight excluding hydrogens is 324 g/mol. The number of carboxylic acid groups (broad SMARTS) is 1. The predicted octanol–water partition coefficient (Wildman–Crippen LogP) is 2.28. The van der Waals surface area contributed by atoms with Crippen LogP contribution in [0.4, 0.5) is 11.4 Å². The molecule has 0 aliphatic carbocycles. The first kappa shape index (κ1) is 16.2. The lowest BCUT2D eigenvalue weighted by atomic mass is 10.2. The van der Waals surface area contributed by atoms with Gasteiger partial charge in [0.15, 0.2) is 5.71 Å². The lowest BCUT2D eigenvalue weighted by Crippen LogP contribution is -2.27. The second-order valence-corrected chi connectivity index (χ2v) is 5.25. The molecule has 1 aliphatic rings. The normalized spacial score (nSPS) is 15.4. The first-order chi connectivity index (χ1) is 12.0. The number of para-hydroxylation sites is 1. The third kappa shape index (κ3) is 3.18. The van der Waals surface area contributed by atoms with Crippen LogP contribution in [0.2, 0.25) is 0 Å². The number of anilines is 2. The molecule has 0 saturated heterocycles. The van der Waals surface area contributed by atoms with Gasteiger partial charge in [0.25, 0.3) is 0 Å². The Morgan fingerprint density at radius 1 is 1.20 bits per heavy atom. The van der Waals surface area contributed by atoms with Gasteiger partial charge in [0, 0.05) is 6.07 Å². The van der Waals surface area contributed by atoms with Crippen molar-refractivity contribution in [2.24, 2.45) is 10.2 Å². The van der Waals surface area contributed by atoms with E-state index in [0.29, 0.717) is 17.1 Å². The molecule has 1 heterocycles. The number of nitrogens with one attached hydrogen (secondary N) is 1. The van der Waals surface area contributed by atoms with Crippen LogP contribution in [-0.2, 0) is 4.79 Å². The monoisotopic (exact) mass is 338 g/mol. The highest BCUT2D eigenvalue weighted by molar-refractivity contribution is 6.71. The number of nitrogens with zero attached hydrogens (tertiary/aromatic N) is 3. The maximum atomic E-state index is 12.5. The van der Waals surface area contributed by atoms with Gasteiger partial charge in [0.2, 0.25) is 0 Å². The zero-order chi connectivity index (χ0) is 18.0. The SMILES string of the molecule is CC1=NN(c2ccccc2)C(=O)/C1=N\Nc1ccc(C(=O)O)c(O)c1. The number of aromatic carboxylic acids is 1. The maximum Gasteiger partial charge on any atom is 0.339 e. The summed E-state index contributed by atoms with van der Waals surface area (Å²) in [6, 6.07) is 12.9. The Balaban J connectivity index is 1.81. The van der Waals surface area contributed by atoms with Gasteiger partial charge in [0.05, 0.1) is 17.1 Å². The van der Waals surface area contributed by atoms with Gasteiger partial charge >= 0.3 is 11.9 Å². The highest BCUT2D eigenvalue weighted by Gasteiger charge is 2.30. The van der Waals surface area contributed by atoms with Crippen LogP contribution in [0.3, 0.4) is 0 Å². The van der Waals surface area contributed by atoms with Crippen molar-refractivity contribution in [1.29, 1.82) is 0 Å². The van der Waals surface area contributed by atoms with Crippen molar-refractivity contribution in [3.63, 3.8) is 0 Å². The van der Waals surface area contributed by atoms with Gasteiger partial charge in [-0.3, -0.25) is 10.2 Å². The van der Waals surface area contributed by atoms with Crippen molar-refractivity contribution in [2.75, 3.05) is 10.4 Å². The molecule has 8 nitrogen and oxygen atoms in total. The van der Waals surface area contributed by atoms with Crippen molar-refractivity contribution in [2.45, 2.75) is 6.92 Å². The summed E-state index contributed by atoms with van der Waals surface area (Å²) in [6.07, 6.45) is 0. The minimum atomic E-state index is -1.23. The molecule has 1 amide bonds. The molecule has 3 rings (SSSR count). The molecule has 8 heteroatoms. The molecular formula is C17H14N4O4. The second kappa shape index (κ2) is 6.44. The number of phenols is 1. The van der Waals surface area contributed by atoms with Gasteiger partial charge in [-0.1, -0.05) is 18.2 Å². The molecule has 126 valence electrons. The molecule has 2 aromatic carbocycles. The smallest absolute Gasteiger partial charge is 0.339 e. The first-order valence-corrected chi connectivity index (χ1v) is 7.32. The molecule has 0 aromatic heterocycles. The minimum Gasteiger partial charge on any atom is -0.507 e. The summed E-state index contributed by atoms with van der Waals surface area (Å²) in [4.78, 5) is 23.3. The van der Waals surface area contributed by atoms with E-state index in [-0.39, 0.29) is 17.2 Å². The number of hydrogen-bond acceptors (Lipinski definition) is 6. The molecule has 0 bridgehead atoms. The fourth-order valence-corrected chi connectivity index (χ4v) is 2.27. The number of hydrazone groups is 2. The zero-order valence-electron chi connectivity index (χ0n) is 13.2.